The van der Waals surface area contributed by atoms with E-state index in [1.807, 2.05) is 91.0 Å². The standard InChI is InChI=1S/C19H16NOPS.C18H15P.Cu/c21-19(16-10-4-1-5-11-16)20-22(23,17-12-6-2-7-13-17)18-14-8-3-9-15-18;1-4-10-16(11-5-1)19(17-12-6-2-7-13-17)18-14-8-3-9-15-18;/h1-15H,(H,20,21,23);1-15H;/q;;+1/p+1. The third kappa shape index (κ3) is 8.55. The van der Waals surface area contributed by atoms with Crippen LogP contribution in [0.4, 0.5) is 0 Å². The molecule has 1 N–H and O–H groups in total. The van der Waals surface area contributed by atoms with E-state index in [1.165, 1.54) is 15.9 Å². The molecule has 0 saturated heterocycles. The second kappa shape index (κ2) is 16.4. The van der Waals surface area contributed by atoms with Gasteiger partial charge in [-0.1, -0.05) is 109 Å². The molecular weight excluding hydrogens is 632 g/mol. The Bertz CT molecular complexity index is 1540. The van der Waals surface area contributed by atoms with Gasteiger partial charge in [-0.3, -0.25) is 0 Å². The second-order valence-electron chi connectivity index (χ2n) is 9.51. The molecule has 0 saturated carbocycles. The van der Waals surface area contributed by atoms with E-state index in [9.17, 15) is 5.11 Å². The zero-order valence-corrected chi connectivity index (χ0v) is 27.0. The maximum atomic E-state index is 10.5. The van der Waals surface area contributed by atoms with E-state index >= 15 is 0 Å². The summed E-state index contributed by atoms with van der Waals surface area (Å²) in [5.74, 6) is -0.0124. The summed E-state index contributed by atoms with van der Waals surface area (Å²) in [6, 6.07) is 61.4. The molecule has 0 bridgehead atoms. The second-order valence-corrected chi connectivity index (χ2v) is 16.0. The zero-order chi connectivity index (χ0) is 29.0. The van der Waals surface area contributed by atoms with Gasteiger partial charge in [-0.25, -0.2) is 0 Å². The largest absolute Gasteiger partial charge is 1.00 e. The van der Waals surface area contributed by atoms with Gasteiger partial charge in [0.1, 0.15) is 26.5 Å². The van der Waals surface area contributed by atoms with E-state index in [4.69, 9.17) is 12.2 Å². The van der Waals surface area contributed by atoms with Crippen LogP contribution in [0.1, 0.15) is 5.56 Å². The van der Waals surface area contributed by atoms with Gasteiger partial charge in [0.15, 0.2) is 0 Å². The van der Waals surface area contributed by atoms with Gasteiger partial charge in [0.25, 0.3) is 5.90 Å². The van der Waals surface area contributed by atoms with Crippen LogP contribution in [0.3, 0.4) is 0 Å². The van der Waals surface area contributed by atoms with Gasteiger partial charge in [0.05, 0.1) is 14.5 Å². The van der Waals surface area contributed by atoms with Gasteiger partial charge in [-0.15, -0.1) is 4.76 Å². The summed E-state index contributed by atoms with van der Waals surface area (Å²) in [7, 11) is -0.877. The van der Waals surface area contributed by atoms with Crippen molar-refractivity contribution in [3.63, 3.8) is 0 Å². The van der Waals surface area contributed by atoms with Crippen molar-refractivity contribution >= 4 is 59.2 Å². The average molecular weight is 664 g/mol. The van der Waals surface area contributed by atoms with Crippen molar-refractivity contribution in [3.8, 4) is 0 Å². The number of benzene rings is 6. The Morgan fingerprint density at radius 1 is 0.465 bits per heavy atom. The maximum Gasteiger partial charge on any atom is 1.00 e. The summed E-state index contributed by atoms with van der Waals surface area (Å²) in [6.07, 6.45) is 0. The molecule has 0 heterocycles. The summed E-state index contributed by atoms with van der Waals surface area (Å²) >= 11 is 5.97. The van der Waals surface area contributed by atoms with Gasteiger partial charge in [0.2, 0.25) is 0 Å². The van der Waals surface area contributed by atoms with Crippen LogP contribution in [-0.2, 0) is 29.3 Å². The molecule has 43 heavy (non-hydrogen) atoms. The van der Waals surface area contributed by atoms with Gasteiger partial charge in [-0.05, 0) is 72.8 Å². The van der Waals surface area contributed by atoms with Crippen molar-refractivity contribution in [2.75, 3.05) is 0 Å². The van der Waals surface area contributed by atoms with Crippen molar-refractivity contribution < 1.29 is 22.2 Å². The minimum Gasteiger partial charge on any atom is -0.519 e. The molecule has 6 rings (SSSR count). The Kier molecular flexibility index (Phi) is 12.4. The van der Waals surface area contributed by atoms with Crippen LogP contribution >= 0.6 is 14.5 Å². The summed E-state index contributed by atoms with van der Waals surface area (Å²) < 4.78 is 4.62. The van der Waals surface area contributed by atoms with Crippen LogP contribution in [0.2, 0.25) is 0 Å². The van der Waals surface area contributed by atoms with E-state index in [-0.39, 0.29) is 23.0 Å². The molecule has 0 amide bonds. The van der Waals surface area contributed by atoms with Crippen LogP contribution in [0.15, 0.2) is 187 Å². The Labute approximate surface area is 272 Å². The van der Waals surface area contributed by atoms with E-state index < -0.39 is 14.5 Å². The molecule has 0 aliphatic rings. The van der Waals surface area contributed by atoms with Crippen LogP contribution in [-0.4, -0.2) is 11.0 Å². The van der Waals surface area contributed by atoms with Crippen LogP contribution < -0.4 is 26.5 Å². The molecular formula is C37H32CuNOP2S+2. The minimum atomic E-state index is -2.47. The number of aliphatic hydroxyl groups is 1. The first-order valence-electron chi connectivity index (χ1n) is 13.7. The first kappa shape index (κ1) is 32.4. The minimum absolute atomic E-state index is 0. The van der Waals surface area contributed by atoms with Crippen molar-refractivity contribution in [3.05, 3.63) is 188 Å². The molecule has 0 aromatic heterocycles. The summed E-state index contributed by atoms with van der Waals surface area (Å²) in [6.45, 7) is -2.47. The van der Waals surface area contributed by atoms with E-state index in [1.54, 1.807) is 0 Å². The summed E-state index contributed by atoms with van der Waals surface area (Å²) in [5.41, 5.74) is 0.675. The Hall–Kier alpha value is -3.48. The van der Waals surface area contributed by atoms with Gasteiger partial charge >= 0.3 is 17.1 Å². The van der Waals surface area contributed by atoms with Crippen molar-refractivity contribution in [2.45, 2.75) is 0 Å². The molecule has 6 heteroatoms. The normalized spacial score (nSPS) is 11.2. The monoisotopic (exact) mass is 663 g/mol. The fourth-order valence-electron chi connectivity index (χ4n) is 4.62. The number of aliphatic hydroxyl groups excluding tert-OH is 1. The molecule has 0 unspecified atom stereocenters. The molecule has 0 spiro atoms. The van der Waals surface area contributed by atoms with Gasteiger partial charge in [0, 0.05) is 5.56 Å². The molecule has 0 aliphatic carbocycles. The fraction of sp³-hybridized carbons (Fsp3) is 0. The molecule has 0 radical (unpaired) electrons. The van der Waals surface area contributed by atoms with Crippen molar-refractivity contribution in [1.29, 1.82) is 0 Å². The van der Waals surface area contributed by atoms with E-state index in [0.29, 0.717) is 5.56 Å². The summed E-state index contributed by atoms with van der Waals surface area (Å²) in [4.78, 5) is 0. The predicted molar refractivity (Wildman–Crippen MR) is 189 cm³/mol. The van der Waals surface area contributed by atoms with E-state index in [0.717, 1.165) is 10.6 Å². The molecule has 0 aliphatic heterocycles. The van der Waals surface area contributed by atoms with Gasteiger partial charge in [-0.2, -0.15) is 0 Å². The number of nitrogens with zero attached hydrogens (tertiary/aromatic N) is 1. The zero-order valence-electron chi connectivity index (χ0n) is 23.4. The van der Waals surface area contributed by atoms with Crippen LogP contribution in [0.5, 0.6) is 0 Å². The fourth-order valence-corrected chi connectivity index (χ4v) is 10.2. The number of hydrogen-bond acceptors (Lipinski definition) is 2. The molecule has 6 aromatic carbocycles. The smallest absolute Gasteiger partial charge is 0.519 e. The third-order valence-corrected chi connectivity index (χ3v) is 13.4. The molecule has 0 fully saturated rings. The first-order valence-corrected chi connectivity index (χ1v) is 18.0. The molecule has 2 nitrogen and oxygen atoms in total. The van der Waals surface area contributed by atoms with Crippen molar-refractivity contribution in [2.24, 2.45) is 4.76 Å². The van der Waals surface area contributed by atoms with Crippen LogP contribution in [0.25, 0.3) is 0 Å². The quantitative estimate of drug-likeness (QED) is 0.0644. The number of hydrogen-bond donors (Lipinski definition) is 1. The Balaban J connectivity index is 0.000000195. The average Bonchev–Trinajstić information content (AvgIpc) is 3.08. The number of rotatable bonds is 7. The topological polar surface area (TPSA) is 32.6 Å². The van der Waals surface area contributed by atoms with Crippen molar-refractivity contribution in [1.82, 2.24) is 0 Å². The Morgan fingerprint density at radius 2 is 0.744 bits per heavy atom. The Morgan fingerprint density at radius 3 is 1.07 bits per heavy atom. The van der Waals surface area contributed by atoms with Gasteiger partial charge < -0.3 is 17.4 Å². The summed E-state index contributed by atoms with van der Waals surface area (Å²) in [5, 5.41) is 16.7. The molecule has 6 aromatic rings. The maximum absolute atomic E-state index is 10.5. The first-order chi connectivity index (χ1) is 20.6. The predicted octanol–water partition coefficient (Wildman–Crippen LogP) is 7.21. The van der Waals surface area contributed by atoms with Crippen LogP contribution in [0, 0.1) is 0 Å². The third-order valence-electron chi connectivity index (χ3n) is 6.67. The molecule has 0 atom stereocenters. The molecule has 216 valence electrons. The SMILES string of the molecule is OC(=N[P+]([S-])(c1ccccc1)c1ccccc1)c1ccccc1.[Cu+].c1ccc([PH+](c2ccccc2)c2ccccc2)cc1. The van der Waals surface area contributed by atoms with E-state index in [2.05, 4.69) is 95.8 Å².